The van der Waals surface area contributed by atoms with Crippen LogP contribution >= 0.6 is 0 Å². The van der Waals surface area contributed by atoms with Crippen LogP contribution in [-0.4, -0.2) is 37.2 Å². The first-order valence-corrected chi connectivity index (χ1v) is 5.93. The summed E-state index contributed by atoms with van der Waals surface area (Å²) in [5.74, 6) is 0.908. The Morgan fingerprint density at radius 3 is 2.57 bits per heavy atom. The van der Waals surface area contributed by atoms with Crippen molar-refractivity contribution < 1.29 is 4.74 Å². The summed E-state index contributed by atoms with van der Waals surface area (Å²) in [6, 6.07) is 1.31. The highest BCUT2D eigenvalue weighted by Crippen LogP contribution is 2.25. The molecule has 1 rings (SSSR count). The molecule has 84 valence electrons. The second kappa shape index (κ2) is 5.72. The van der Waals surface area contributed by atoms with Gasteiger partial charge in [0, 0.05) is 25.7 Å². The van der Waals surface area contributed by atoms with E-state index in [1.165, 1.54) is 25.8 Å². The SMILES string of the molecule is CC[C@@H]1CCC(COC)N(C(C)C)C1. The Balaban J connectivity index is 2.51. The van der Waals surface area contributed by atoms with E-state index in [-0.39, 0.29) is 0 Å². The van der Waals surface area contributed by atoms with Crippen molar-refractivity contribution in [2.24, 2.45) is 5.92 Å². The highest BCUT2D eigenvalue weighted by atomic mass is 16.5. The number of likely N-dealkylation sites (tertiary alicyclic amines) is 1. The maximum absolute atomic E-state index is 5.29. The van der Waals surface area contributed by atoms with Crippen molar-refractivity contribution in [3.05, 3.63) is 0 Å². The Hall–Kier alpha value is -0.0800. The Morgan fingerprint density at radius 2 is 2.07 bits per heavy atom. The Labute approximate surface area is 88.6 Å². The number of hydrogen-bond acceptors (Lipinski definition) is 2. The van der Waals surface area contributed by atoms with E-state index in [9.17, 15) is 0 Å². The van der Waals surface area contributed by atoms with Gasteiger partial charge in [-0.1, -0.05) is 13.3 Å². The zero-order valence-corrected chi connectivity index (χ0v) is 10.1. The van der Waals surface area contributed by atoms with Crippen molar-refractivity contribution in [1.82, 2.24) is 4.90 Å². The minimum absolute atomic E-state index is 0.655. The molecule has 0 aromatic rings. The molecule has 0 bridgehead atoms. The number of hydrogen-bond donors (Lipinski definition) is 0. The van der Waals surface area contributed by atoms with Gasteiger partial charge in [-0.15, -0.1) is 0 Å². The monoisotopic (exact) mass is 199 g/mol. The van der Waals surface area contributed by atoms with Crippen LogP contribution in [0.15, 0.2) is 0 Å². The molecule has 0 spiro atoms. The molecule has 1 saturated heterocycles. The molecule has 1 aliphatic heterocycles. The van der Waals surface area contributed by atoms with Gasteiger partial charge in [-0.2, -0.15) is 0 Å². The normalized spacial score (nSPS) is 29.8. The van der Waals surface area contributed by atoms with Crippen LogP contribution in [0.1, 0.15) is 40.0 Å². The summed E-state index contributed by atoms with van der Waals surface area (Å²) in [4.78, 5) is 2.61. The molecule has 1 fully saturated rings. The molecule has 1 aliphatic rings. The predicted molar refractivity (Wildman–Crippen MR) is 60.5 cm³/mol. The number of methoxy groups -OCH3 is 1. The first-order valence-electron chi connectivity index (χ1n) is 5.93. The van der Waals surface area contributed by atoms with Gasteiger partial charge < -0.3 is 4.74 Å². The minimum atomic E-state index is 0.655. The zero-order chi connectivity index (χ0) is 10.6. The summed E-state index contributed by atoms with van der Waals surface area (Å²) in [7, 11) is 1.81. The van der Waals surface area contributed by atoms with Crippen molar-refractivity contribution in [2.75, 3.05) is 20.3 Å². The molecular weight excluding hydrogens is 174 g/mol. The molecule has 2 nitrogen and oxygen atoms in total. The maximum atomic E-state index is 5.29. The molecule has 0 radical (unpaired) electrons. The topological polar surface area (TPSA) is 12.5 Å². The van der Waals surface area contributed by atoms with E-state index in [0.717, 1.165) is 12.5 Å². The van der Waals surface area contributed by atoms with Crippen LogP contribution < -0.4 is 0 Å². The number of rotatable bonds is 4. The Kier molecular flexibility index (Phi) is 4.90. The van der Waals surface area contributed by atoms with Crippen LogP contribution in [0.3, 0.4) is 0 Å². The molecule has 0 N–H and O–H groups in total. The van der Waals surface area contributed by atoms with Crippen LogP contribution in [0, 0.1) is 5.92 Å². The van der Waals surface area contributed by atoms with Gasteiger partial charge in [0.25, 0.3) is 0 Å². The van der Waals surface area contributed by atoms with E-state index in [0.29, 0.717) is 12.1 Å². The molecule has 0 amide bonds. The van der Waals surface area contributed by atoms with Crippen LogP contribution in [0.25, 0.3) is 0 Å². The summed E-state index contributed by atoms with van der Waals surface area (Å²) >= 11 is 0. The minimum Gasteiger partial charge on any atom is -0.383 e. The highest BCUT2D eigenvalue weighted by molar-refractivity contribution is 4.82. The van der Waals surface area contributed by atoms with Crippen molar-refractivity contribution in [3.63, 3.8) is 0 Å². The molecule has 0 aliphatic carbocycles. The van der Waals surface area contributed by atoms with Crippen LogP contribution in [0.4, 0.5) is 0 Å². The largest absolute Gasteiger partial charge is 0.383 e. The van der Waals surface area contributed by atoms with Gasteiger partial charge in [0.1, 0.15) is 0 Å². The third-order valence-corrected chi connectivity index (χ3v) is 3.45. The summed E-state index contributed by atoms with van der Waals surface area (Å²) < 4.78 is 5.29. The summed E-state index contributed by atoms with van der Waals surface area (Å²) in [6.07, 6.45) is 4.02. The van der Waals surface area contributed by atoms with Gasteiger partial charge in [0.2, 0.25) is 0 Å². The van der Waals surface area contributed by atoms with Gasteiger partial charge in [0.05, 0.1) is 6.61 Å². The number of ether oxygens (including phenoxy) is 1. The lowest BCUT2D eigenvalue weighted by Crippen LogP contribution is -2.48. The maximum Gasteiger partial charge on any atom is 0.0618 e. The van der Waals surface area contributed by atoms with Crippen molar-refractivity contribution in [3.8, 4) is 0 Å². The molecule has 0 saturated carbocycles. The van der Waals surface area contributed by atoms with Gasteiger partial charge in [-0.05, 0) is 32.6 Å². The van der Waals surface area contributed by atoms with E-state index in [1.54, 1.807) is 0 Å². The van der Waals surface area contributed by atoms with E-state index < -0.39 is 0 Å². The van der Waals surface area contributed by atoms with E-state index in [4.69, 9.17) is 4.74 Å². The van der Waals surface area contributed by atoms with Gasteiger partial charge in [0.15, 0.2) is 0 Å². The van der Waals surface area contributed by atoms with Crippen LogP contribution in [-0.2, 0) is 4.74 Å². The molecule has 2 atom stereocenters. The van der Waals surface area contributed by atoms with Crippen molar-refractivity contribution in [1.29, 1.82) is 0 Å². The van der Waals surface area contributed by atoms with Gasteiger partial charge in [-0.25, -0.2) is 0 Å². The summed E-state index contributed by atoms with van der Waals surface area (Å²) in [5.41, 5.74) is 0. The van der Waals surface area contributed by atoms with Crippen molar-refractivity contribution in [2.45, 2.75) is 52.1 Å². The quantitative estimate of drug-likeness (QED) is 0.690. The summed E-state index contributed by atoms with van der Waals surface area (Å²) in [5, 5.41) is 0. The lowest BCUT2D eigenvalue weighted by molar-refractivity contribution is 0.0238. The molecule has 2 heteroatoms. The number of nitrogens with zero attached hydrogens (tertiary/aromatic N) is 1. The van der Waals surface area contributed by atoms with Crippen molar-refractivity contribution >= 4 is 0 Å². The van der Waals surface area contributed by atoms with Crippen LogP contribution in [0.5, 0.6) is 0 Å². The Morgan fingerprint density at radius 1 is 1.36 bits per heavy atom. The second-order valence-corrected chi connectivity index (χ2v) is 4.75. The fraction of sp³-hybridized carbons (Fsp3) is 1.00. The second-order valence-electron chi connectivity index (χ2n) is 4.75. The van der Waals surface area contributed by atoms with E-state index >= 15 is 0 Å². The third kappa shape index (κ3) is 2.96. The van der Waals surface area contributed by atoms with Gasteiger partial charge in [-0.3, -0.25) is 4.90 Å². The average Bonchev–Trinajstić information content (AvgIpc) is 2.18. The zero-order valence-electron chi connectivity index (χ0n) is 10.1. The predicted octanol–water partition coefficient (Wildman–Crippen LogP) is 2.53. The Bertz CT molecular complexity index is 158. The molecule has 1 unspecified atom stereocenters. The number of piperidine rings is 1. The smallest absolute Gasteiger partial charge is 0.0618 e. The van der Waals surface area contributed by atoms with Crippen LogP contribution in [0.2, 0.25) is 0 Å². The molecule has 1 heterocycles. The molecule has 0 aromatic carbocycles. The lowest BCUT2D eigenvalue weighted by Gasteiger charge is -2.41. The van der Waals surface area contributed by atoms with Gasteiger partial charge >= 0.3 is 0 Å². The molecule has 14 heavy (non-hydrogen) atoms. The van der Waals surface area contributed by atoms with E-state index in [2.05, 4.69) is 25.7 Å². The summed E-state index contributed by atoms with van der Waals surface area (Å²) in [6.45, 7) is 9.05. The van der Waals surface area contributed by atoms with E-state index in [1.807, 2.05) is 7.11 Å². The third-order valence-electron chi connectivity index (χ3n) is 3.45. The fourth-order valence-electron chi connectivity index (χ4n) is 2.47. The first kappa shape index (κ1) is 12.0. The molecule has 0 aromatic heterocycles. The highest BCUT2D eigenvalue weighted by Gasteiger charge is 2.28. The first-order chi connectivity index (χ1) is 6.69. The lowest BCUT2D eigenvalue weighted by atomic mass is 9.90. The molecular formula is C12H25NO. The fourth-order valence-corrected chi connectivity index (χ4v) is 2.47. The standard InChI is InChI=1S/C12H25NO/c1-5-11-6-7-12(9-14-4)13(8-11)10(2)3/h10-12H,5-9H2,1-4H3/t11-,12?/m1/s1. The average molecular weight is 199 g/mol.